The molecule has 0 radical (unpaired) electrons. The van der Waals surface area contributed by atoms with Gasteiger partial charge in [0.05, 0.1) is 4.47 Å². The van der Waals surface area contributed by atoms with Gasteiger partial charge in [-0.05, 0) is 22.0 Å². The molecule has 0 saturated carbocycles. The van der Waals surface area contributed by atoms with Crippen molar-refractivity contribution in [1.82, 2.24) is 5.16 Å². The lowest BCUT2D eigenvalue weighted by Gasteiger charge is -1.93. The molecule has 1 aromatic heterocycles. The van der Waals surface area contributed by atoms with E-state index in [1.165, 1.54) is 6.07 Å². The highest BCUT2D eigenvalue weighted by Gasteiger charge is 2.10. The van der Waals surface area contributed by atoms with Gasteiger partial charge in [0.2, 0.25) is 0 Å². The molecule has 68 valence electrons. The topological polar surface area (TPSA) is 26.0 Å². The van der Waals surface area contributed by atoms with Gasteiger partial charge in [0.1, 0.15) is 11.5 Å². The second-order valence-electron chi connectivity index (χ2n) is 2.53. The van der Waals surface area contributed by atoms with Crippen molar-refractivity contribution in [3.05, 3.63) is 28.1 Å². The Morgan fingerprint density at radius 2 is 2.23 bits per heavy atom. The number of halogens is 3. The lowest BCUT2D eigenvalue weighted by Crippen LogP contribution is -1.79. The minimum absolute atomic E-state index is 0.343. The Hall–Kier alpha value is -0.420. The first-order chi connectivity index (χ1) is 6.22. The van der Waals surface area contributed by atoms with Crippen LogP contribution in [0.15, 0.2) is 21.1 Å². The highest BCUT2D eigenvalue weighted by Crippen LogP contribution is 2.26. The minimum Gasteiger partial charge on any atom is -0.356 e. The fourth-order valence-electron chi connectivity index (χ4n) is 1.08. The quantitative estimate of drug-likeness (QED) is 0.752. The van der Waals surface area contributed by atoms with Crippen LogP contribution in [0.2, 0.25) is 0 Å². The summed E-state index contributed by atoms with van der Waals surface area (Å²) in [7, 11) is 0. The first-order valence-electron chi connectivity index (χ1n) is 3.51. The molecule has 0 N–H and O–H groups in total. The predicted octanol–water partition coefficient (Wildman–Crippen LogP) is 3.62. The maximum atomic E-state index is 13.0. The van der Waals surface area contributed by atoms with E-state index in [1.54, 1.807) is 6.07 Å². The summed E-state index contributed by atoms with van der Waals surface area (Å²) in [6.45, 7) is 0. The van der Waals surface area contributed by atoms with Gasteiger partial charge in [0, 0.05) is 16.8 Å². The predicted molar refractivity (Wildman–Crippen MR) is 54.3 cm³/mol. The molecule has 1 aromatic carbocycles. The zero-order valence-electron chi connectivity index (χ0n) is 6.35. The molecule has 0 fully saturated rings. The summed E-state index contributed by atoms with van der Waals surface area (Å²) in [5, 5.41) is 5.21. The van der Waals surface area contributed by atoms with Crippen LogP contribution < -0.4 is 0 Å². The molecule has 0 atom stereocenters. The number of hydrogen-bond donors (Lipinski definition) is 0. The number of benzene rings is 1. The van der Waals surface area contributed by atoms with E-state index < -0.39 is 0 Å². The standard InChI is InChI=1S/C8H4Br2FNO/c9-3-7-4-1-5(10)6(11)2-8(4)13-12-7/h1-2H,3H2. The summed E-state index contributed by atoms with van der Waals surface area (Å²) in [4.78, 5) is 0. The Labute approximate surface area is 90.3 Å². The maximum absolute atomic E-state index is 13.0. The van der Waals surface area contributed by atoms with E-state index in [4.69, 9.17) is 4.52 Å². The molecule has 0 amide bonds. The molecular weight excluding hydrogens is 305 g/mol. The van der Waals surface area contributed by atoms with E-state index in [1.807, 2.05) is 0 Å². The minimum atomic E-state index is -0.343. The summed E-state index contributed by atoms with van der Waals surface area (Å²) >= 11 is 6.37. The second-order valence-corrected chi connectivity index (χ2v) is 3.94. The molecule has 1 heterocycles. The lowest BCUT2D eigenvalue weighted by molar-refractivity contribution is 0.448. The van der Waals surface area contributed by atoms with Gasteiger partial charge in [-0.15, -0.1) is 0 Å². The Kier molecular flexibility index (Phi) is 2.38. The highest BCUT2D eigenvalue weighted by molar-refractivity contribution is 9.10. The van der Waals surface area contributed by atoms with Crippen molar-refractivity contribution >= 4 is 42.8 Å². The first-order valence-corrected chi connectivity index (χ1v) is 5.43. The van der Waals surface area contributed by atoms with Gasteiger partial charge in [-0.3, -0.25) is 0 Å². The van der Waals surface area contributed by atoms with Crippen molar-refractivity contribution in [3.63, 3.8) is 0 Å². The normalized spacial score (nSPS) is 11.0. The Morgan fingerprint density at radius 3 is 2.92 bits per heavy atom. The molecule has 5 heteroatoms. The van der Waals surface area contributed by atoms with E-state index >= 15 is 0 Å². The summed E-state index contributed by atoms with van der Waals surface area (Å²) in [5.41, 5.74) is 1.24. The molecule has 0 aliphatic heterocycles. The van der Waals surface area contributed by atoms with Crippen molar-refractivity contribution in [2.75, 3.05) is 0 Å². The van der Waals surface area contributed by atoms with Gasteiger partial charge in [0.15, 0.2) is 5.58 Å². The third-order valence-electron chi connectivity index (χ3n) is 1.71. The zero-order valence-corrected chi connectivity index (χ0v) is 9.52. The third kappa shape index (κ3) is 1.50. The van der Waals surface area contributed by atoms with Crippen molar-refractivity contribution < 1.29 is 8.91 Å². The number of hydrogen-bond acceptors (Lipinski definition) is 2. The van der Waals surface area contributed by atoms with Crippen LogP contribution in [0.5, 0.6) is 0 Å². The Morgan fingerprint density at radius 1 is 1.46 bits per heavy atom. The molecule has 0 spiro atoms. The van der Waals surface area contributed by atoms with E-state index in [0.717, 1.165) is 11.1 Å². The van der Waals surface area contributed by atoms with Gasteiger partial charge in [-0.1, -0.05) is 21.1 Å². The molecular formula is C8H4Br2FNO. The lowest BCUT2D eigenvalue weighted by atomic mass is 10.2. The van der Waals surface area contributed by atoms with E-state index in [9.17, 15) is 4.39 Å². The van der Waals surface area contributed by atoms with Crippen molar-refractivity contribution in [1.29, 1.82) is 0 Å². The highest BCUT2D eigenvalue weighted by atomic mass is 79.9. The SMILES string of the molecule is Fc1cc2onc(CBr)c2cc1Br. The van der Waals surface area contributed by atoms with Crippen LogP contribution in [-0.4, -0.2) is 5.16 Å². The van der Waals surface area contributed by atoms with E-state index in [0.29, 0.717) is 15.4 Å². The first kappa shape index (κ1) is 9.15. The number of nitrogens with zero attached hydrogens (tertiary/aromatic N) is 1. The molecule has 2 aromatic rings. The van der Waals surface area contributed by atoms with Crippen LogP contribution in [0.4, 0.5) is 4.39 Å². The van der Waals surface area contributed by atoms with Crippen LogP contribution in [0.1, 0.15) is 5.69 Å². The average Bonchev–Trinajstić information content (AvgIpc) is 2.48. The summed E-state index contributed by atoms with van der Waals surface area (Å²) in [6.07, 6.45) is 0. The van der Waals surface area contributed by atoms with Gasteiger partial charge in [0.25, 0.3) is 0 Å². The molecule has 2 rings (SSSR count). The Bertz CT molecular complexity index is 455. The largest absolute Gasteiger partial charge is 0.356 e. The second kappa shape index (κ2) is 3.38. The van der Waals surface area contributed by atoms with Crippen molar-refractivity contribution in [3.8, 4) is 0 Å². The summed E-state index contributed by atoms with van der Waals surface area (Å²) < 4.78 is 18.4. The third-order valence-corrected chi connectivity index (χ3v) is 2.85. The molecule has 2 nitrogen and oxygen atoms in total. The zero-order chi connectivity index (χ0) is 9.42. The van der Waals surface area contributed by atoms with Gasteiger partial charge < -0.3 is 4.52 Å². The number of aromatic nitrogens is 1. The molecule has 0 aliphatic carbocycles. The fraction of sp³-hybridized carbons (Fsp3) is 0.125. The number of alkyl halides is 1. The van der Waals surface area contributed by atoms with Gasteiger partial charge in [-0.25, -0.2) is 4.39 Å². The molecule has 0 unspecified atom stereocenters. The fourth-order valence-corrected chi connectivity index (χ4v) is 1.83. The molecule has 13 heavy (non-hydrogen) atoms. The Balaban J connectivity index is 2.77. The van der Waals surface area contributed by atoms with Gasteiger partial charge in [-0.2, -0.15) is 0 Å². The summed E-state index contributed by atoms with van der Waals surface area (Å²) in [5.74, 6) is -0.343. The van der Waals surface area contributed by atoms with E-state index in [2.05, 4.69) is 37.0 Å². The molecule has 0 bridgehead atoms. The number of rotatable bonds is 1. The number of fused-ring (bicyclic) bond motifs is 1. The van der Waals surface area contributed by atoms with Gasteiger partial charge >= 0.3 is 0 Å². The smallest absolute Gasteiger partial charge is 0.170 e. The van der Waals surface area contributed by atoms with Crippen LogP contribution in [-0.2, 0) is 5.33 Å². The van der Waals surface area contributed by atoms with Crippen molar-refractivity contribution in [2.24, 2.45) is 0 Å². The molecule has 0 saturated heterocycles. The monoisotopic (exact) mass is 307 g/mol. The molecule has 0 aliphatic rings. The van der Waals surface area contributed by atoms with Crippen LogP contribution in [0.25, 0.3) is 11.0 Å². The van der Waals surface area contributed by atoms with Crippen molar-refractivity contribution in [2.45, 2.75) is 5.33 Å². The van der Waals surface area contributed by atoms with Crippen LogP contribution >= 0.6 is 31.9 Å². The van der Waals surface area contributed by atoms with Crippen LogP contribution in [0, 0.1) is 5.82 Å². The maximum Gasteiger partial charge on any atom is 0.170 e. The van der Waals surface area contributed by atoms with Crippen LogP contribution in [0.3, 0.4) is 0 Å². The van der Waals surface area contributed by atoms with E-state index in [-0.39, 0.29) is 5.82 Å². The average molecular weight is 309 g/mol. The summed E-state index contributed by atoms with van der Waals surface area (Å²) in [6, 6.07) is 2.98.